The van der Waals surface area contributed by atoms with Crippen molar-refractivity contribution in [3.8, 4) is 11.3 Å². The maximum atomic E-state index is 4.72. The second kappa shape index (κ2) is 6.20. The molecule has 0 aliphatic rings. The van der Waals surface area contributed by atoms with E-state index in [9.17, 15) is 0 Å². The van der Waals surface area contributed by atoms with Gasteiger partial charge >= 0.3 is 0 Å². The van der Waals surface area contributed by atoms with Crippen LogP contribution in [0.1, 0.15) is 10.6 Å². The molecule has 1 heterocycles. The molecule has 0 saturated heterocycles. The second-order valence-electron chi connectivity index (χ2n) is 4.44. The van der Waals surface area contributed by atoms with E-state index in [0.29, 0.717) is 0 Å². The van der Waals surface area contributed by atoms with Gasteiger partial charge in [-0.1, -0.05) is 56.1 Å². The summed E-state index contributed by atoms with van der Waals surface area (Å²) in [5, 5.41) is 3.27. The Kier molecular flexibility index (Phi) is 4.34. The van der Waals surface area contributed by atoms with Gasteiger partial charge in [0.2, 0.25) is 0 Å². The number of rotatable bonds is 3. The first-order valence-electron chi connectivity index (χ1n) is 6.15. The van der Waals surface area contributed by atoms with Crippen LogP contribution < -0.4 is 0 Å². The largest absolute Gasteiger partial charge is 0.241 e. The van der Waals surface area contributed by atoms with Crippen molar-refractivity contribution in [2.75, 3.05) is 0 Å². The van der Waals surface area contributed by atoms with E-state index in [1.807, 2.05) is 12.1 Å². The molecule has 1 aromatic heterocycles. The molecule has 2 aromatic carbocycles. The van der Waals surface area contributed by atoms with Gasteiger partial charge in [-0.25, -0.2) is 4.98 Å². The Morgan fingerprint density at radius 2 is 1.45 bits per heavy atom. The van der Waals surface area contributed by atoms with Crippen molar-refractivity contribution in [2.45, 2.75) is 6.42 Å². The summed E-state index contributed by atoms with van der Waals surface area (Å²) >= 11 is 8.62. The number of aromatic nitrogens is 1. The lowest BCUT2D eigenvalue weighted by atomic mass is 10.1. The SMILES string of the molecule is Brc1ccc(Cc2nc(-c3ccc(Br)cc3)cs2)cc1. The predicted octanol–water partition coefficient (Wildman–Crippen LogP) is 5.93. The Bertz CT molecular complexity index is 702. The third kappa shape index (κ3) is 3.37. The van der Waals surface area contributed by atoms with Crippen LogP contribution in [0.5, 0.6) is 0 Å². The lowest BCUT2D eigenvalue weighted by Crippen LogP contribution is -1.87. The molecule has 3 aromatic rings. The van der Waals surface area contributed by atoms with E-state index in [2.05, 4.69) is 73.6 Å². The zero-order chi connectivity index (χ0) is 13.9. The zero-order valence-corrected chi connectivity index (χ0v) is 14.5. The molecule has 0 amide bonds. The minimum Gasteiger partial charge on any atom is -0.241 e. The molecule has 0 unspecified atom stereocenters. The normalized spacial score (nSPS) is 10.7. The quantitative estimate of drug-likeness (QED) is 0.523. The molecule has 0 saturated carbocycles. The number of hydrogen-bond donors (Lipinski definition) is 0. The Balaban J connectivity index is 1.80. The third-order valence-corrected chi connectivity index (χ3v) is 4.87. The van der Waals surface area contributed by atoms with Crippen LogP contribution in [0.3, 0.4) is 0 Å². The van der Waals surface area contributed by atoms with Crippen LogP contribution in [0, 0.1) is 0 Å². The van der Waals surface area contributed by atoms with Crippen molar-refractivity contribution >= 4 is 43.2 Å². The van der Waals surface area contributed by atoms with Gasteiger partial charge < -0.3 is 0 Å². The smallest absolute Gasteiger partial charge is 0.0976 e. The van der Waals surface area contributed by atoms with Gasteiger partial charge in [0.25, 0.3) is 0 Å². The van der Waals surface area contributed by atoms with E-state index in [-0.39, 0.29) is 0 Å². The van der Waals surface area contributed by atoms with Gasteiger partial charge in [0, 0.05) is 26.3 Å². The summed E-state index contributed by atoms with van der Waals surface area (Å²) in [5.74, 6) is 0. The van der Waals surface area contributed by atoms with Crippen molar-refractivity contribution in [1.82, 2.24) is 4.98 Å². The zero-order valence-electron chi connectivity index (χ0n) is 10.5. The second-order valence-corrected chi connectivity index (χ2v) is 7.21. The fraction of sp³-hybridized carbons (Fsp3) is 0.0625. The number of halogens is 2. The monoisotopic (exact) mass is 407 g/mol. The Hall–Kier alpha value is -0.970. The third-order valence-electron chi connectivity index (χ3n) is 2.96. The first kappa shape index (κ1) is 14.0. The molecule has 0 atom stereocenters. The molecule has 0 spiro atoms. The average Bonchev–Trinajstić information content (AvgIpc) is 2.91. The lowest BCUT2D eigenvalue weighted by molar-refractivity contribution is 1.14. The van der Waals surface area contributed by atoms with Gasteiger partial charge in [0.1, 0.15) is 0 Å². The van der Waals surface area contributed by atoms with E-state index in [4.69, 9.17) is 4.98 Å². The first-order valence-corrected chi connectivity index (χ1v) is 8.62. The highest BCUT2D eigenvalue weighted by atomic mass is 79.9. The highest BCUT2D eigenvalue weighted by Gasteiger charge is 2.05. The number of thiazole rings is 1. The molecule has 3 rings (SSSR count). The molecule has 1 nitrogen and oxygen atoms in total. The summed E-state index contributed by atoms with van der Waals surface area (Å²) in [4.78, 5) is 4.72. The molecule has 0 aliphatic heterocycles. The van der Waals surface area contributed by atoms with Crippen LogP contribution in [0.15, 0.2) is 62.9 Å². The molecule has 100 valence electrons. The van der Waals surface area contributed by atoms with Gasteiger partial charge in [0.15, 0.2) is 0 Å². The summed E-state index contributed by atoms with van der Waals surface area (Å²) in [5.41, 5.74) is 3.49. The van der Waals surface area contributed by atoms with Crippen molar-refractivity contribution in [1.29, 1.82) is 0 Å². The van der Waals surface area contributed by atoms with Crippen LogP contribution in [-0.4, -0.2) is 4.98 Å². The summed E-state index contributed by atoms with van der Waals surface area (Å²) in [6.45, 7) is 0. The van der Waals surface area contributed by atoms with E-state index < -0.39 is 0 Å². The van der Waals surface area contributed by atoms with E-state index >= 15 is 0 Å². The summed E-state index contributed by atoms with van der Waals surface area (Å²) in [7, 11) is 0. The van der Waals surface area contributed by atoms with Crippen LogP contribution in [-0.2, 0) is 6.42 Å². The van der Waals surface area contributed by atoms with Gasteiger partial charge in [-0.05, 0) is 29.8 Å². The van der Waals surface area contributed by atoms with Gasteiger partial charge in [-0.15, -0.1) is 11.3 Å². The van der Waals surface area contributed by atoms with Gasteiger partial charge in [-0.3, -0.25) is 0 Å². The van der Waals surface area contributed by atoms with E-state index in [1.165, 1.54) is 5.56 Å². The predicted molar refractivity (Wildman–Crippen MR) is 92.2 cm³/mol. The Labute approximate surface area is 139 Å². The minimum absolute atomic E-state index is 0.883. The fourth-order valence-corrected chi connectivity index (χ4v) is 3.29. The fourth-order valence-electron chi connectivity index (χ4n) is 1.92. The van der Waals surface area contributed by atoms with Crippen molar-refractivity contribution < 1.29 is 0 Å². The Morgan fingerprint density at radius 3 is 2.10 bits per heavy atom. The average molecular weight is 409 g/mol. The van der Waals surface area contributed by atoms with Crippen LogP contribution in [0.25, 0.3) is 11.3 Å². The number of benzene rings is 2. The summed E-state index contributed by atoms with van der Waals surface area (Å²) in [6.07, 6.45) is 0.883. The molecule has 0 fully saturated rings. The van der Waals surface area contributed by atoms with Crippen molar-refractivity contribution in [2.24, 2.45) is 0 Å². The highest BCUT2D eigenvalue weighted by molar-refractivity contribution is 9.10. The molecule has 20 heavy (non-hydrogen) atoms. The molecular weight excluding hydrogens is 398 g/mol. The molecule has 0 N–H and O–H groups in total. The van der Waals surface area contributed by atoms with Gasteiger partial charge in [-0.2, -0.15) is 0 Å². The van der Waals surface area contributed by atoms with Crippen LogP contribution in [0.4, 0.5) is 0 Å². The maximum Gasteiger partial charge on any atom is 0.0976 e. The number of hydrogen-bond acceptors (Lipinski definition) is 2. The minimum atomic E-state index is 0.883. The van der Waals surface area contributed by atoms with Crippen LogP contribution >= 0.6 is 43.2 Å². The molecule has 4 heteroatoms. The van der Waals surface area contributed by atoms with Gasteiger partial charge in [0.05, 0.1) is 10.7 Å². The number of nitrogens with zero attached hydrogens (tertiary/aromatic N) is 1. The Morgan fingerprint density at radius 1 is 0.850 bits per heavy atom. The van der Waals surface area contributed by atoms with Crippen molar-refractivity contribution in [3.05, 3.63) is 73.4 Å². The lowest BCUT2D eigenvalue weighted by Gasteiger charge is -1.99. The molecule has 0 bridgehead atoms. The van der Waals surface area contributed by atoms with E-state index in [1.54, 1.807) is 11.3 Å². The van der Waals surface area contributed by atoms with E-state index in [0.717, 1.165) is 31.6 Å². The molecular formula is C16H11Br2NS. The van der Waals surface area contributed by atoms with Crippen molar-refractivity contribution in [3.63, 3.8) is 0 Å². The summed E-state index contributed by atoms with van der Waals surface area (Å²) in [6, 6.07) is 16.7. The summed E-state index contributed by atoms with van der Waals surface area (Å²) < 4.78 is 2.20. The topological polar surface area (TPSA) is 12.9 Å². The first-order chi connectivity index (χ1) is 9.70. The highest BCUT2D eigenvalue weighted by Crippen LogP contribution is 2.25. The maximum absolute atomic E-state index is 4.72. The standard InChI is InChI=1S/C16H11Br2NS/c17-13-5-1-11(2-6-13)9-16-19-15(10-20-16)12-3-7-14(18)8-4-12/h1-8,10H,9H2. The molecule has 0 radical (unpaired) electrons. The van der Waals surface area contributed by atoms with Crippen LogP contribution in [0.2, 0.25) is 0 Å². The molecule has 0 aliphatic carbocycles.